The predicted molar refractivity (Wildman–Crippen MR) is 94.5 cm³/mol. The molecule has 27 heavy (non-hydrogen) atoms. The molecule has 0 saturated heterocycles. The first kappa shape index (κ1) is 18.8. The van der Waals surface area contributed by atoms with Crippen molar-refractivity contribution in [2.45, 2.75) is 19.9 Å². The Hall–Kier alpha value is -2.99. The van der Waals surface area contributed by atoms with Crippen molar-refractivity contribution in [3.05, 3.63) is 51.4 Å². The number of anilines is 1. The Balaban J connectivity index is 1.87. The van der Waals surface area contributed by atoms with Crippen molar-refractivity contribution in [1.82, 2.24) is 4.90 Å². The van der Waals surface area contributed by atoms with Gasteiger partial charge in [-0.15, -0.1) is 11.3 Å². The van der Waals surface area contributed by atoms with Crippen molar-refractivity contribution in [3.8, 4) is 6.07 Å². The van der Waals surface area contributed by atoms with Crippen molar-refractivity contribution in [2.75, 3.05) is 18.5 Å². The summed E-state index contributed by atoms with van der Waals surface area (Å²) >= 11 is 1.11. The van der Waals surface area contributed by atoms with E-state index in [4.69, 9.17) is 4.74 Å². The normalized spacial score (nSPS) is 12.9. The molecule has 0 unspecified atom stereocenters. The van der Waals surface area contributed by atoms with Crippen LogP contribution in [-0.2, 0) is 17.7 Å². The first-order valence-electron chi connectivity index (χ1n) is 8.18. The van der Waals surface area contributed by atoms with Gasteiger partial charge < -0.3 is 15.0 Å². The number of carbonyl (C=O) groups is 2. The highest BCUT2D eigenvalue weighted by Gasteiger charge is 2.29. The minimum absolute atomic E-state index is 0.209. The quantitative estimate of drug-likeness (QED) is 0.866. The summed E-state index contributed by atoms with van der Waals surface area (Å²) in [5.41, 5.74) is 0.275. The Morgan fingerprint density at radius 3 is 2.70 bits per heavy atom. The van der Waals surface area contributed by atoms with Crippen molar-refractivity contribution >= 4 is 28.3 Å². The summed E-state index contributed by atoms with van der Waals surface area (Å²) in [5, 5.41) is 12.1. The van der Waals surface area contributed by atoms with E-state index < -0.39 is 29.2 Å². The third-order valence-corrected chi connectivity index (χ3v) is 5.24. The van der Waals surface area contributed by atoms with Crippen LogP contribution in [0.2, 0.25) is 0 Å². The largest absolute Gasteiger partial charge is 0.450 e. The van der Waals surface area contributed by atoms with Gasteiger partial charge in [0.05, 0.1) is 18.7 Å². The second kappa shape index (κ2) is 7.72. The minimum Gasteiger partial charge on any atom is -0.450 e. The maximum absolute atomic E-state index is 13.8. The summed E-state index contributed by atoms with van der Waals surface area (Å²) in [4.78, 5) is 26.5. The van der Waals surface area contributed by atoms with E-state index in [1.165, 1.54) is 4.90 Å². The van der Waals surface area contributed by atoms with Gasteiger partial charge in [0, 0.05) is 11.4 Å². The van der Waals surface area contributed by atoms with Crippen molar-refractivity contribution < 1.29 is 23.1 Å². The third-order valence-electron chi connectivity index (χ3n) is 4.11. The monoisotopic (exact) mass is 391 g/mol. The molecular weight excluding hydrogens is 376 g/mol. The molecular formula is C18H15F2N3O3S. The first-order chi connectivity index (χ1) is 13.0. The molecule has 2 heterocycles. The number of halogens is 2. The molecule has 0 saturated carbocycles. The first-order valence-corrected chi connectivity index (χ1v) is 8.99. The van der Waals surface area contributed by atoms with Gasteiger partial charge in [-0.2, -0.15) is 5.26 Å². The molecule has 2 aromatic rings. The van der Waals surface area contributed by atoms with Gasteiger partial charge in [0.1, 0.15) is 28.3 Å². The highest BCUT2D eigenvalue weighted by atomic mass is 32.1. The lowest BCUT2D eigenvalue weighted by Crippen LogP contribution is -2.35. The Kier molecular flexibility index (Phi) is 5.37. The fourth-order valence-electron chi connectivity index (χ4n) is 2.86. The van der Waals surface area contributed by atoms with Gasteiger partial charge in [0.2, 0.25) is 0 Å². The van der Waals surface area contributed by atoms with Gasteiger partial charge >= 0.3 is 6.09 Å². The molecule has 9 heteroatoms. The molecule has 0 fully saturated rings. The van der Waals surface area contributed by atoms with Crippen LogP contribution in [0.5, 0.6) is 0 Å². The fraction of sp³-hybridized carbons (Fsp3) is 0.278. The highest BCUT2D eigenvalue weighted by molar-refractivity contribution is 7.16. The van der Waals surface area contributed by atoms with E-state index in [2.05, 4.69) is 5.32 Å². The summed E-state index contributed by atoms with van der Waals surface area (Å²) < 4.78 is 32.6. The topological polar surface area (TPSA) is 82.4 Å². The van der Waals surface area contributed by atoms with Crippen LogP contribution in [0.25, 0.3) is 0 Å². The molecule has 140 valence electrons. The van der Waals surface area contributed by atoms with Crippen LogP contribution in [0.15, 0.2) is 18.2 Å². The molecule has 0 aliphatic carbocycles. The molecule has 1 N–H and O–H groups in total. The SMILES string of the molecule is CCOC(=O)N1CCc2c(sc(NC(=O)c3c(F)cccc3F)c2C#N)C1. The predicted octanol–water partition coefficient (Wildman–Crippen LogP) is 3.66. The average molecular weight is 391 g/mol. The zero-order chi connectivity index (χ0) is 19.6. The minimum atomic E-state index is -0.985. The molecule has 0 bridgehead atoms. The van der Waals surface area contributed by atoms with Gasteiger partial charge in [-0.3, -0.25) is 4.79 Å². The van der Waals surface area contributed by atoms with Crippen LogP contribution in [-0.4, -0.2) is 30.1 Å². The second-order valence-corrected chi connectivity index (χ2v) is 6.85. The van der Waals surface area contributed by atoms with E-state index in [-0.39, 0.29) is 23.7 Å². The van der Waals surface area contributed by atoms with E-state index in [0.717, 1.165) is 40.0 Å². The smallest absolute Gasteiger partial charge is 0.410 e. The second-order valence-electron chi connectivity index (χ2n) is 5.74. The fourth-order valence-corrected chi connectivity index (χ4v) is 4.07. The van der Waals surface area contributed by atoms with Crippen molar-refractivity contribution in [3.63, 3.8) is 0 Å². The number of nitrogens with one attached hydrogen (secondary N) is 1. The van der Waals surface area contributed by atoms with Crippen LogP contribution in [0.1, 0.15) is 33.3 Å². The molecule has 1 aliphatic heterocycles. The van der Waals surface area contributed by atoms with E-state index >= 15 is 0 Å². The number of thiophene rings is 1. The number of nitrogens with zero attached hydrogens (tertiary/aromatic N) is 2. The van der Waals surface area contributed by atoms with Gasteiger partial charge in [-0.05, 0) is 31.0 Å². The van der Waals surface area contributed by atoms with E-state index in [1.54, 1.807) is 6.92 Å². The Morgan fingerprint density at radius 2 is 2.07 bits per heavy atom. The zero-order valence-electron chi connectivity index (χ0n) is 14.3. The standard InChI is InChI=1S/C18H15F2N3O3S/c1-2-26-18(25)23-7-6-10-11(8-21)17(27-14(10)9-23)22-16(24)15-12(19)4-3-5-13(15)20/h3-5H,2,6-7,9H2,1H3,(H,22,24). The summed E-state index contributed by atoms with van der Waals surface area (Å²) in [6, 6.07) is 5.17. The average Bonchev–Trinajstić information content (AvgIpc) is 2.97. The highest BCUT2D eigenvalue weighted by Crippen LogP contribution is 2.37. The van der Waals surface area contributed by atoms with Crippen molar-refractivity contribution in [1.29, 1.82) is 5.26 Å². The molecule has 0 radical (unpaired) electrons. The molecule has 1 aromatic heterocycles. The number of benzene rings is 1. The Morgan fingerprint density at radius 1 is 1.37 bits per heavy atom. The molecule has 6 nitrogen and oxygen atoms in total. The van der Waals surface area contributed by atoms with Crippen LogP contribution in [0, 0.1) is 23.0 Å². The number of carbonyl (C=O) groups excluding carboxylic acids is 2. The molecule has 0 atom stereocenters. The Labute approximate surface area is 158 Å². The number of fused-ring (bicyclic) bond motifs is 1. The molecule has 1 aliphatic rings. The zero-order valence-corrected chi connectivity index (χ0v) is 15.2. The number of hydrogen-bond acceptors (Lipinski definition) is 5. The van der Waals surface area contributed by atoms with Gasteiger partial charge in [-0.1, -0.05) is 6.07 Å². The lowest BCUT2D eigenvalue weighted by Gasteiger charge is -2.25. The summed E-state index contributed by atoms with van der Waals surface area (Å²) in [6.07, 6.45) is -0.0219. The van der Waals surface area contributed by atoms with E-state index in [1.807, 2.05) is 6.07 Å². The van der Waals surface area contributed by atoms with E-state index in [9.17, 15) is 23.6 Å². The van der Waals surface area contributed by atoms with Gasteiger partial charge in [0.25, 0.3) is 5.91 Å². The third kappa shape index (κ3) is 3.61. The lowest BCUT2D eigenvalue weighted by atomic mass is 10.0. The lowest BCUT2D eigenvalue weighted by molar-refractivity contribution is 0.101. The van der Waals surface area contributed by atoms with Crippen molar-refractivity contribution in [2.24, 2.45) is 0 Å². The number of rotatable bonds is 3. The van der Waals surface area contributed by atoms with Crippen LogP contribution in [0.4, 0.5) is 18.6 Å². The number of hydrogen-bond donors (Lipinski definition) is 1. The number of nitriles is 1. The van der Waals surface area contributed by atoms with Gasteiger partial charge in [-0.25, -0.2) is 13.6 Å². The van der Waals surface area contributed by atoms with Gasteiger partial charge in [0.15, 0.2) is 0 Å². The Bertz CT molecular complexity index is 932. The summed E-state index contributed by atoms with van der Waals surface area (Å²) in [7, 11) is 0. The maximum Gasteiger partial charge on any atom is 0.410 e. The molecule has 1 aromatic carbocycles. The molecule has 2 amide bonds. The summed E-state index contributed by atoms with van der Waals surface area (Å²) in [5.74, 6) is -2.94. The molecule has 0 spiro atoms. The van der Waals surface area contributed by atoms with E-state index in [0.29, 0.717) is 13.0 Å². The number of ether oxygens (including phenoxy) is 1. The van der Waals surface area contributed by atoms with Crippen LogP contribution in [0.3, 0.4) is 0 Å². The summed E-state index contributed by atoms with van der Waals surface area (Å²) in [6.45, 7) is 2.59. The van der Waals surface area contributed by atoms with Crippen LogP contribution >= 0.6 is 11.3 Å². The number of amides is 2. The molecule has 3 rings (SSSR count). The van der Waals surface area contributed by atoms with Crippen LogP contribution < -0.4 is 5.32 Å². The maximum atomic E-state index is 13.8.